The molecule has 0 aliphatic rings. The number of hydrogen-bond donors (Lipinski definition) is 6. The number of carboxylic acids is 1. The number of nitrogens with two attached hydrogens (primary N) is 1. The van der Waals surface area contributed by atoms with E-state index in [0.29, 0.717) is 5.75 Å². The van der Waals surface area contributed by atoms with Crippen molar-refractivity contribution in [3.05, 3.63) is 24.4 Å². The minimum Gasteiger partial charge on any atom is -0.480 e. The van der Waals surface area contributed by atoms with Crippen LogP contribution in [0.15, 0.2) is 24.4 Å². The molecule has 3 atom stereocenters. The molecule has 0 bridgehead atoms. The maximum absolute atomic E-state index is 12.9. The summed E-state index contributed by atoms with van der Waals surface area (Å²) < 4.78 is 0. The van der Waals surface area contributed by atoms with Crippen molar-refractivity contribution in [2.45, 2.75) is 84.6 Å². The number of thioether (sulfide) groups is 1. The van der Waals surface area contributed by atoms with E-state index in [2.05, 4.69) is 41.7 Å². The average Bonchev–Trinajstić information content (AvgIpc) is 2.93. The van der Waals surface area contributed by atoms with Gasteiger partial charge in [0.1, 0.15) is 17.0 Å². The van der Waals surface area contributed by atoms with Crippen LogP contribution in [0.25, 0.3) is 0 Å². The molecule has 2 unspecified atom stereocenters. The molecular weight excluding hydrogens is 615 g/mol. The second-order valence-electron chi connectivity index (χ2n) is 9.53. The van der Waals surface area contributed by atoms with Crippen LogP contribution in [0.2, 0.25) is 0 Å². The molecule has 0 fully saturated rings. The van der Waals surface area contributed by atoms with Gasteiger partial charge in [-0.2, -0.15) is 0 Å². The molecule has 0 spiro atoms. The van der Waals surface area contributed by atoms with Crippen molar-refractivity contribution in [1.82, 2.24) is 21.3 Å². The Bertz CT molecular complexity index is 948. The summed E-state index contributed by atoms with van der Waals surface area (Å²) in [5.74, 6) is -2.59. The van der Waals surface area contributed by atoms with Crippen molar-refractivity contribution in [3.63, 3.8) is 0 Å². The third kappa shape index (κ3) is 21.7. The van der Waals surface area contributed by atoms with Crippen LogP contribution in [-0.2, 0) is 28.8 Å². The van der Waals surface area contributed by atoms with Crippen molar-refractivity contribution < 1.29 is 33.9 Å². The van der Waals surface area contributed by atoms with E-state index in [-0.39, 0.29) is 42.7 Å². The Morgan fingerprint density at radius 2 is 1.51 bits per heavy atom. The quantitative estimate of drug-likeness (QED) is 0.0460. The van der Waals surface area contributed by atoms with Gasteiger partial charge < -0.3 is 32.1 Å². The smallest absolute Gasteiger partial charge is 0.318 e. The average molecular weight is 664 g/mol. The topological polar surface area (TPSA) is 197 Å². The number of amides is 5. The molecule has 5 amide bonds. The number of carboxylic acid groups (broad SMARTS) is 1. The Hall–Kier alpha value is -2.65. The van der Waals surface area contributed by atoms with Gasteiger partial charge in [0, 0.05) is 30.1 Å². The van der Waals surface area contributed by atoms with Gasteiger partial charge in [0.05, 0.1) is 12.6 Å². The third-order valence-corrected chi connectivity index (χ3v) is 8.86. The van der Waals surface area contributed by atoms with Gasteiger partial charge in [0.25, 0.3) is 5.91 Å². The summed E-state index contributed by atoms with van der Waals surface area (Å²) in [4.78, 5) is 72.2. The fourth-order valence-corrected chi connectivity index (χ4v) is 6.29. The Labute approximate surface area is 267 Å². The first kappa shape index (κ1) is 42.5. The van der Waals surface area contributed by atoms with Crippen molar-refractivity contribution in [2.24, 2.45) is 11.7 Å². The lowest BCUT2D eigenvalue weighted by atomic mass is 10.00. The van der Waals surface area contributed by atoms with Crippen molar-refractivity contribution in [1.29, 1.82) is 0 Å². The van der Waals surface area contributed by atoms with E-state index >= 15 is 0 Å². The molecule has 0 saturated heterocycles. The number of carbonyl (C=O) groups excluding carboxylic acids is 5. The van der Waals surface area contributed by atoms with Crippen LogP contribution in [0.5, 0.6) is 0 Å². The molecule has 0 aliphatic carbocycles. The predicted octanol–water partition coefficient (Wildman–Crippen LogP) is 2.59. The summed E-state index contributed by atoms with van der Waals surface area (Å²) in [7, 11) is 3.20. The molecule has 0 saturated carbocycles. The van der Waals surface area contributed by atoms with Crippen LogP contribution >= 0.6 is 33.3 Å². The van der Waals surface area contributed by atoms with Crippen LogP contribution in [-0.4, -0.2) is 81.7 Å². The van der Waals surface area contributed by atoms with Crippen LogP contribution in [0.4, 0.5) is 0 Å². The number of rotatable bonds is 21. The van der Waals surface area contributed by atoms with Gasteiger partial charge in [-0.05, 0) is 26.2 Å². The molecule has 0 aromatic heterocycles. The molecule has 0 radical (unpaired) electrons. The van der Waals surface area contributed by atoms with Crippen LogP contribution < -0.4 is 27.0 Å². The lowest BCUT2D eigenvalue weighted by Gasteiger charge is -2.28. The SMILES string of the molecule is C=CCCSSCCC(=O)N/C(=C\C)C(=O)NC(C(C)C)C(SCCC(=O)N[C@@H](C)C(=O)NCC(N)=O)C(=O)O.CCC. The zero-order valence-corrected chi connectivity index (χ0v) is 28.5. The zero-order valence-electron chi connectivity index (χ0n) is 26.0. The summed E-state index contributed by atoms with van der Waals surface area (Å²) in [5, 5.41) is 18.8. The van der Waals surface area contributed by atoms with Gasteiger partial charge in [-0.3, -0.25) is 28.8 Å². The number of carbonyl (C=O) groups is 6. The number of allylic oxidation sites excluding steroid dienone is 2. The summed E-state index contributed by atoms with van der Waals surface area (Å²) in [5.41, 5.74) is 5.00. The molecule has 0 aromatic carbocycles. The monoisotopic (exact) mass is 663 g/mol. The first-order chi connectivity index (χ1) is 20.2. The van der Waals surface area contributed by atoms with Gasteiger partial charge in [0.2, 0.25) is 23.6 Å². The maximum atomic E-state index is 12.9. The molecule has 43 heavy (non-hydrogen) atoms. The second-order valence-corrected chi connectivity index (χ2v) is 13.5. The largest absolute Gasteiger partial charge is 0.480 e. The Kier molecular flexibility index (Phi) is 25.5. The standard InChI is InChI=1S/C25H41N5O7S3.C3H8/c1-6-8-11-39-40-13-10-20(33)29-17(7-2)24(35)30-21(15(3)4)22(25(36)37)38-12-9-19(32)28-16(5)23(34)27-14-18(26)31;1-3-2/h6-7,15-16,21-22H,1,8-14H2,2-5H3,(H2,26,31)(H,27,34)(H,28,32)(H,29,33)(H,30,35)(H,36,37);3H2,1-2H3/b17-7-;/t16-,21?,22?;/m0./s1. The molecule has 0 heterocycles. The summed E-state index contributed by atoms with van der Waals surface area (Å²) in [6.45, 7) is 14.1. The van der Waals surface area contributed by atoms with E-state index in [0.717, 1.165) is 23.9 Å². The van der Waals surface area contributed by atoms with Crippen molar-refractivity contribution in [3.8, 4) is 0 Å². The highest BCUT2D eigenvalue weighted by Gasteiger charge is 2.33. The van der Waals surface area contributed by atoms with E-state index in [4.69, 9.17) is 5.73 Å². The molecule has 7 N–H and O–H groups in total. The third-order valence-electron chi connectivity index (χ3n) is 5.13. The van der Waals surface area contributed by atoms with E-state index in [1.807, 2.05) is 6.08 Å². The lowest BCUT2D eigenvalue weighted by Crippen LogP contribution is -2.50. The zero-order chi connectivity index (χ0) is 33.4. The Morgan fingerprint density at radius 1 is 0.930 bits per heavy atom. The van der Waals surface area contributed by atoms with E-state index in [1.165, 1.54) is 19.4 Å². The Balaban J connectivity index is 0. The Morgan fingerprint density at radius 3 is 2.02 bits per heavy atom. The summed E-state index contributed by atoms with van der Waals surface area (Å²) in [6, 6.07) is -1.72. The minimum atomic E-state index is -1.17. The number of aliphatic carboxylic acids is 1. The van der Waals surface area contributed by atoms with E-state index in [9.17, 15) is 33.9 Å². The molecular formula is C28H49N5O7S3. The lowest BCUT2D eigenvalue weighted by molar-refractivity contribution is -0.137. The van der Waals surface area contributed by atoms with Gasteiger partial charge in [-0.1, -0.05) is 67.9 Å². The molecule has 246 valence electrons. The maximum Gasteiger partial charge on any atom is 0.318 e. The molecule has 0 aromatic rings. The second kappa shape index (κ2) is 25.8. The normalized spacial score (nSPS) is 13.0. The van der Waals surface area contributed by atoms with E-state index in [1.54, 1.807) is 42.4 Å². The van der Waals surface area contributed by atoms with Gasteiger partial charge >= 0.3 is 5.97 Å². The van der Waals surface area contributed by atoms with Crippen LogP contribution in [0.1, 0.15) is 67.2 Å². The van der Waals surface area contributed by atoms with Crippen LogP contribution in [0, 0.1) is 5.92 Å². The summed E-state index contributed by atoms with van der Waals surface area (Å²) in [6.07, 6.45) is 5.53. The van der Waals surface area contributed by atoms with Gasteiger partial charge in [0.15, 0.2) is 0 Å². The van der Waals surface area contributed by atoms with Crippen LogP contribution in [0.3, 0.4) is 0 Å². The molecule has 0 aliphatic heterocycles. The minimum absolute atomic E-state index is 0.0251. The summed E-state index contributed by atoms with van der Waals surface area (Å²) >= 11 is 0.984. The first-order valence-corrected chi connectivity index (χ1v) is 17.6. The highest BCUT2D eigenvalue weighted by atomic mass is 33.1. The van der Waals surface area contributed by atoms with Crippen molar-refractivity contribution >= 4 is 68.9 Å². The number of hydrogen-bond acceptors (Lipinski definition) is 9. The van der Waals surface area contributed by atoms with E-state index < -0.39 is 46.9 Å². The highest BCUT2D eigenvalue weighted by Crippen LogP contribution is 2.23. The van der Waals surface area contributed by atoms with Gasteiger partial charge in [-0.15, -0.1) is 18.3 Å². The molecule has 0 rings (SSSR count). The molecule has 12 nitrogen and oxygen atoms in total. The number of nitrogens with one attached hydrogen (secondary N) is 4. The fraction of sp³-hybridized carbons (Fsp3) is 0.643. The van der Waals surface area contributed by atoms with Crippen molar-refractivity contribution in [2.75, 3.05) is 23.8 Å². The highest BCUT2D eigenvalue weighted by molar-refractivity contribution is 8.76. The first-order valence-electron chi connectivity index (χ1n) is 14.1. The fourth-order valence-electron chi connectivity index (χ4n) is 2.99. The molecule has 15 heteroatoms. The number of primary amides is 1. The van der Waals surface area contributed by atoms with Gasteiger partial charge in [-0.25, -0.2) is 0 Å². The predicted molar refractivity (Wildman–Crippen MR) is 177 cm³/mol.